The summed E-state index contributed by atoms with van der Waals surface area (Å²) in [4.78, 5) is 49.3. The monoisotopic (exact) mass is 534 g/mol. The normalized spacial score (nSPS) is 21.4. The molecular formula is C26H28Cl2N2O6. The fourth-order valence-corrected chi connectivity index (χ4v) is 5.25. The van der Waals surface area contributed by atoms with Gasteiger partial charge in [-0.25, -0.2) is 4.79 Å². The van der Waals surface area contributed by atoms with Crippen molar-refractivity contribution in [2.45, 2.75) is 46.1 Å². The number of carbonyl (C=O) groups is 4. The fraction of sp³-hybridized carbons (Fsp3) is 0.385. The Bertz CT molecular complexity index is 1180. The summed E-state index contributed by atoms with van der Waals surface area (Å²) in [6.45, 7) is 5.09. The number of hydrogen-bond donors (Lipinski definition) is 4. The number of carboxylic acid groups (broad SMARTS) is 2. The predicted molar refractivity (Wildman–Crippen MR) is 136 cm³/mol. The number of aliphatic carboxylic acids is 2. The van der Waals surface area contributed by atoms with E-state index in [1.54, 1.807) is 63.2 Å². The van der Waals surface area contributed by atoms with Crippen LogP contribution < -0.4 is 10.6 Å². The van der Waals surface area contributed by atoms with Crippen LogP contribution in [0.1, 0.15) is 49.5 Å². The van der Waals surface area contributed by atoms with Gasteiger partial charge in [0.15, 0.2) is 0 Å². The van der Waals surface area contributed by atoms with Crippen LogP contribution in [0.25, 0.3) is 0 Å². The molecule has 10 heteroatoms. The summed E-state index contributed by atoms with van der Waals surface area (Å²) >= 11 is 12.2. The molecule has 0 heterocycles. The van der Waals surface area contributed by atoms with Gasteiger partial charge in [-0.2, -0.15) is 0 Å². The number of hydrogen-bond acceptors (Lipinski definition) is 4. The highest BCUT2D eigenvalue weighted by atomic mass is 35.5. The van der Waals surface area contributed by atoms with Gasteiger partial charge in [0.25, 0.3) is 5.91 Å². The second-order valence-corrected chi connectivity index (χ2v) is 10.6. The lowest BCUT2D eigenvalue weighted by Crippen LogP contribution is -2.49. The van der Waals surface area contributed by atoms with Gasteiger partial charge in [0.2, 0.25) is 5.91 Å². The van der Waals surface area contributed by atoms with Gasteiger partial charge in [0.1, 0.15) is 6.04 Å². The van der Waals surface area contributed by atoms with E-state index in [9.17, 15) is 29.4 Å². The van der Waals surface area contributed by atoms with Crippen molar-refractivity contribution >= 4 is 52.6 Å². The lowest BCUT2D eigenvalue weighted by molar-refractivity contribution is -0.155. The molecule has 0 aromatic heterocycles. The molecule has 0 saturated heterocycles. The highest BCUT2D eigenvalue weighted by Gasteiger charge is 2.58. The van der Waals surface area contributed by atoms with Crippen molar-refractivity contribution in [2.24, 2.45) is 16.7 Å². The van der Waals surface area contributed by atoms with Crippen LogP contribution in [0.3, 0.4) is 0 Å². The van der Waals surface area contributed by atoms with Gasteiger partial charge < -0.3 is 20.8 Å². The smallest absolute Gasteiger partial charge is 0.326 e. The molecule has 8 nitrogen and oxygen atoms in total. The van der Waals surface area contributed by atoms with Gasteiger partial charge in [-0.15, -0.1) is 0 Å². The molecule has 0 aliphatic heterocycles. The lowest BCUT2D eigenvalue weighted by Gasteiger charge is -2.38. The summed E-state index contributed by atoms with van der Waals surface area (Å²) in [5.74, 6) is -3.76. The first-order chi connectivity index (χ1) is 16.8. The van der Waals surface area contributed by atoms with Crippen molar-refractivity contribution in [3.05, 3.63) is 63.6 Å². The third-order valence-electron chi connectivity index (χ3n) is 7.47. The molecule has 1 aliphatic carbocycles. The Balaban J connectivity index is 1.68. The van der Waals surface area contributed by atoms with E-state index < -0.39 is 46.5 Å². The molecule has 3 rings (SSSR count). The lowest BCUT2D eigenvalue weighted by atomic mass is 9.65. The zero-order valence-electron chi connectivity index (χ0n) is 20.1. The second-order valence-electron chi connectivity index (χ2n) is 9.80. The largest absolute Gasteiger partial charge is 0.481 e. The molecular weight excluding hydrogens is 507 g/mol. The van der Waals surface area contributed by atoms with Crippen LogP contribution in [-0.2, 0) is 20.8 Å². The van der Waals surface area contributed by atoms with Crippen molar-refractivity contribution in [3.63, 3.8) is 0 Å². The predicted octanol–water partition coefficient (Wildman–Crippen LogP) is 4.88. The van der Waals surface area contributed by atoms with Crippen molar-refractivity contribution < 1.29 is 29.4 Å². The quantitative estimate of drug-likeness (QED) is 0.381. The summed E-state index contributed by atoms with van der Waals surface area (Å²) in [5.41, 5.74) is -0.709. The maximum Gasteiger partial charge on any atom is 0.326 e. The van der Waals surface area contributed by atoms with Gasteiger partial charge in [-0.05, 0) is 55.0 Å². The van der Waals surface area contributed by atoms with Crippen LogP contribution in [0.15, 0.2) is 42.5 Å². The molecule has 3 atom stereocenters. The SMILES string of the molecule is CC1(C)[C@H](C(=O)N[C@@H](Cc2ccc(NC(=O)c3c(Cl)cccc3Cl)cc2)C(=O)O)CC[C@@]1(C)C(=O)O. The third kappa shape index (κ3) is 5.34. The molecule has 2 aromatic carbocycles. The Morgan fingerprint density at radius 3 is 2.08 bits per heavy atom. The van der Waals surface area contributed by atoms with Gasteiger partial charge in [0.05, 0.1) is 21.0 Å². The Kier molecular flexibility index (Phi) is 8.00. The van der Waals surface area contributed by atoms with Crippen LogP contribution in [0.5, 0.6) is 0 Å². The molecule has 2 amide bonds. The maximum atomic E-state index is 13.0. The molecule has 1 saturated carbocycles. The zero-order chi connectivity index (χ0) is 26.8. The molecule has 0 radical (unpaired) electrons. The minimum Gasteiger partial charge on any atom is -0.481 e. The number of nitrogens with one attached hydrogen (secondary N) is 2. The van der Waals surface area contributed by atoms with Gasteiger partial charge in [-0.3, -0.25) is 14.4 Å². The van der Waals surface area contributed by atoms with E-state index in [0.29, 0.717) is 24.1 Å². The number of anilines is 1. The first kappa shape index (κ1) is 27.5. The number of benzene rings is 2. The summed E-state index contributed by atoms with van der Waals surface area (Å²) < 4.78 is 0. The molecule has 4 N–H and O–H groups in total. The Morgan fingerprint density at radius 2 is 1.58 bits per heavy atom. The summed E-state index contributed by atoms with van der Waals surface area (Å²) in [6, 6.07) is 10.1. The van der Waals surface area contributed by atoms with Gasteiger partial charge in [-0.1, -0.05) is 55.2 Å². The molecule has 192 valence electrons. The van der Waals surface area contributed by atoms with Gasteiger partial charge >= 0.3 is 11.9 Å². The summed E-state index contributed by atoms with van der Waals surface area (Å²) in [6.07, 6.45) is 0.699. The minimum atomic E-state index is -1.20. The first-order valence-electron chi connectivity index (χ1n) is 11.4. The second kappa shape index (κ2) is 10.5. The molecule has 1 aliphatic rings. The average molecular weight is 535 g/mol. The van der Waals surface area contributed by atoms with Crippen LogP contribution >= 0.6 is 23.2 Å². The van der Waals surface area contributed by atoms with Gasteiger partial charge in [0, 0.05) is 18.0 Å². The van der Waals surface area contributed by atoms with Crippen molar-refractivity contribution in [2.75, 3.05) is 5.32 Å². The Morgan fingerprint density at radius 1 is 1.00 bits per heavy atom. The number of carboxylic acids is 2. The Hall–Kier alpha value is -3.10. The molecule has 2 aromatic rings. The minimum absolute atomic E-state index is 0.00892. The van der Waals surface area contributed by atoms with Crippen LogP contribution in [-0.4, -0.2) is 40.0 Å². The first-order valence-corrected chi connectivity index (χ1v) is 12.1. The highest BCUT2D eigenvalue weighted by Crippen LogP contribution is 2.56. The summed E-state index contributed by atoms with van der Waals surface area (Å²) in [7, 11) is 0. The molecule has 36 heavy (non-hydrogen) atoms. The van der Waals surface area contributed by atoms with E-state index in [2.05, 4.69) is 10.6 Å². The number of amides is 2. The fourth-order valence-electron chi connectivity index (χ4n) is 4.68. The zero-order valence-corrected chi connectivity index (χ0v) is 21.6. The third-order valence-corrected chi connectivity index (χ3v) is 8.10. The van der Waals surface area contributed by atoms with Crippen LogP contribution in [0.2, 0.25) is 10.0 Å². The topological polar surface area (TPSA) is 133 Å². The Labute approximate surface area is 219 Å². The maximum absolute atomic E-state index is 13.0. The van der Waals surface area contributed by atoms with Crippen molar-refractivity contribution in [1.29, 1.82) is 0 Å². The number of carbonyl (C=O) groups excluding carboxylic acids is 2. The average Bonchev–Trinajstić information content (AvgIpc) is 3.04. The molecule has 0 bridgehead atoms. The van der Waals surface area contributed by atoms with Crippen molar-refractivity contribution in [3.8, 4) is 0 Å². The molecule has 0 unspecified atom stereocenters. The van der Waals surface area contributed by atoms with E-state index in [1.165, 1.54) is 0 Å². The van der Waals surface area contributed by atoms with E-state index in [0.717, 1.165) is 0 Å². The number of rotatable bonds is 8. The van der Waals surface area contributed by atoms with E-state index in [1.807, 2.05) is 0 Å². The standard InChI is InChI=1S/C26H28Cl2N2O6/c1-25(2)16(11-12-26(25,3)24(35)36)21(31)30-19(23(33)34)13-14-7-9-15(10-8-14)29-22(32)20-17(27)5-4-6-18(20)28/h4-10,16,19H,11-13H2,1-3H3,(H,29,32)(H,30,31)(H,33,34)(H,35,36)/t16-,19-,26-/m0/s1. The molecule has 1 fully saturated rings. The van der Waals surface area contributed by atoms with Crippen molar-refractivity contribution in [1.82, 2.24) is 5.32 Å². The van der Waals surface area contributed by atoms with E-state index >= 15 is 0 Å². The van der Waals surface area contributed by atoms with Crippen LogP contribution in [0, 0.1) is 16.7 Å². The highest BCUT2D eigenvalue weighted by molar-refractivity contribution is 6.40. The summed E-state index contributed by atoms with van der Waals surface area (Å²) in [5, 5.41) is 25.1. The molecule has 0 spiro atoms. The van der Waals surface area contributed by atoms with Crippen LogP contribution in [0.4, 0.5) is 5.69 Å². The van der Waals surface area contributed by atoms with E-state index in [4.69, 9.17) is 23.2 Å². The number of halogens is 2. The van der Waals surface area contributed by atoms with E-state index in [-0.39, 0.29) is 22.0 Å².